The van der Waals surface area contributed by atoms with Crippen LogP contribution >= 0.6 is 0 Å². The smallest absolute Gasteiger partial charge is 0.407 e. The fourth-order valence-electron chi connectivity index (χ4n) is 3.02. The molecule has 2 rings (SSSR count). The minimum Gasteiger partial charge on any atom is -0.444 e. The zero-order valence-corrected chi connectivity index (χ0v) is 15.5. The second kappa shape index (κ2) is 8.32. The number of hydrogen-bond acceptors (Lipinski definition) is 4. The molecular weight excluding hydrogens is 318 g/mol. The van der Waals surface area contributed by atoms with Gasteiger partial charge in [0.25, 0.3) is 0 Å². The first kappa shape index (κ1) is 19.2. The summed E-state index contributed by atoms with van der Waals surface area (Å²) in [6.07, 6.45) is 6.23. The van der Waals surface area contributed by atoms with Gasteiger partial charge in [0.1, 0.15) is 5.60 Å². The van der Waals surface area contributed by atoms with Gasteiger partial charge in [-0.25, -0.2) is 4.79 Å². The van der Waals surface area contributed by atoms with Crippen molar-refractivity contribution in [1.82, 2.24) is 15.6 Å². The molecule has 138 valence electrons. The van der Waals surface area contributed by atoms with Crippen molar-refractivity contribution < 1.29 is 14.3 Å². The van der Waals surface area contributed by atoms with Crippen molar-refractivity contribution in [3.05, 3.63) is 30.1 Å². The molecule has 0 bridgehead atoms. The second-order valence-electron chi connectivity index (χ2n) is 7.71. The third kappa shape index (κ3) is 6.36. The summed E-state index contributed by atoms with van der Waals surface area (Å²) >= 11 is 0. The van der Waals surface area contributed by atoms with Crippen LogP contribution < -0.4 is 10.6 Å². The molecule has 1 aromatic heterocycles. The lowest BCUT2D eigenvalue weighted by Gasteiger charge is -2.30. The first-order valence-corrected chi connectivity index (χ1v) is 8.94. The summed E-state index contributed by atoms with van der Waals surface area (Å²) in [6, 6.07) is 3.85. The Morgan fingerprint density at radius 3 is 2.48 bits per heavy atom. The van der Waals surface area contributed by atoms with Crippen LogP contribution in [0.4, 0.5) is 4.79 Å². The Balaban J connectivity index is 1.76. The summed E-state index contributed by atoms with van der Waals surface area (Å²) in [5.74, 6) is 0.0721. The molecule has 25 heavy (non-hydrogen) atoms. The van der Waals surface area contributed by atoms with Crippen molar-refractivity contribution in [2.45, 2.75) is 71.1 Å². The van der Waals surface area contributed by atoms with E-state index in [1.807, 2.05) is 39.8 Å². The van der Waals surface area contributed by atoms with Crippen LogP contribution in [-0.4, -0.2) is 28.6 Å². The molecule has 1 aromatic rings. The molecular formula is C19H29N3O3. The number of aromatic nitrogens is 1. The standard InChI is InChI=1S/C19H29N3O3/c1-13(15-6-5-11-20-12-15)21-17(23)14-7-9-16(10-8-14)22-18(24)25-19(2,3)4/h5-6,11-14,16H,7-10H2,1-4H3,(H,21,23)(H,22,24). The number of pyridine rings is 1. The number of nitrogens with zero attached hydrogens (tertiary/aromatic N) is 1. The van der Waals surface area contributed by atoms with Crippen LogP contribution in [-0.2, 0) is 9.53 Å². The maximum Gasteiger partial charge on any atom is 0.407 e. The van der Waals surface area contributed by atoms with Crippen LogP contribution in [0.1, 0.15) is 65.0 Å². The highest BCUT2D eigenvalue weighted by atomic mass is 16.6. The van der Waals surface area contributed by atoms with Gasteiger partial charge in [0.05, 0.1) is 6.04 Å². The van der Waals surface area contributed by atoms with Gasteiger partial charge in [0.2, 0.25) is 5.91 Å². The quantitative estimate of drug-likeness (QED) is 0.875. The monoisotopic (exact) mass is 347 g/mol. The van der Waals surface area contributed by atoms with E-state index in [0.717, 1.165) is 31.2 Å². The molecule has 6 nitrogen and oxygen atoms in total. The van der Waals surface area contributed by atoms with Crippen molar-refractivity contribution in [2.75, 3.05) is 0 Å². The van der Waals surface area contributed by atoms with Crippen molar-refractivity contribution in [1.29, 1.82) is 0 Å². The number of carbonyl (C=O) groups is 2. The first-order chi connectivity index (χ1) is 11.7. The number of hydrogen-bond donors (Lipinski definition) is 2. The van der Waals surface area contributed by atoms with Crippen LogP contribution in [0.5, 0.6) is 0 Å². The Morgan fingerprint density at radius 2 is 1.92 bits per heavy atom. The predicted octanol–water partition coefficient (Wildman–Crippen LogP) is 3.34. The lowest BCUT2D eigenvalue weighted by Crippen LogP contribution is -2.43. The Bertz CT molecular complexity index is 575. The molecule has 1 aliphatic carbocycles. The molecule has 0 saturated heterocycles. The van der Waals surface area contributed by atoms with Gasteiger partial charge in [-0.3, -0.25) is 9.78 Å². The van der Waals surface area contributed by atoms with E-state index in [0.29, 0.717) is 0 Å². The molecule has 1 heterocycles. The Morgan fingerprint density at radius 1 is 1.24 bits per heavy atom. The molecule has 0 spiro atoms. The summed E-state index contributed by atoms with van der Waals surface area (Å²) in [5.41, 5.74) is 0.500. The van der Waals surface area contributed by atoms with E-state index in [9.17, 15) is 9.59 Å². The molecule has 1 saturated carbocycles. The molecule has 1 unspecified atom stereocenters. The van der Waals surface area contributed by atoms with Crippen LogP contribution in [0.25, 0.3) is 0 Å². The number of rotatable bonds is 4. The van der Waals surface area contributed by atoms with Crippen molar-refractivity contribution in [3.8, 4) is 0 Å². The third-order valence-corrected chi connectivity index (χ3v) is 4.36. The largest absolute Gasteiger partial charge is 0.444 e. The maximum absolute atomic E-state index is 12.5. The molecule has 0 aromatic carbocycles. The predicted molar refractivity (Wildman–Crippen MR) is 95.9 cm³/mol. The van der Waals surface area contributed by atoms with Crippen molar-refractivity contribution in [3.63, 3.8) is 0 Å². The van der Waals surface area contributed by atoms with Crippen molar-refractivity contribution >= 4 is 12.0 Å². The number of ether oxygens (including phenoxy) is 1. The number of alkyl carbamates (subject to hydrolysis) is 1. The average molecular weight is 347 g/mol. The maximum atomic E-state index is 12.5. The average Bonchev–Trinajstić information content (AvgIpc) is 2.54. The normalized spacial score (nSPS) is 21.9. The molecule has 0 radical (unpaired) electrons. The Kier molecular flexibility index (Phi) is 6.39. The number of nitrogens with one attached hydrogen (secondary N) is 2. The fourth-order valence-corrected chi connectivity index (χ4v) is 3.02. The van der Waals surface area contributed by atoms with Gasteiger partial charge in [-0.05, 0) is 65.0 Å². The van der Waals surface area contributed by atoms with Gasteiger partial charge in [0, 0.05) is 24.4 Å². The van der Waals surface area contributed by atoms with E-state index in [1.165, 1.54) is 0 Å². The van der Waals surface area contributed by atoms with Gasteiger partial charge >= 0.3 is 6.09 Å². The van der Waals surface area contributed by atoms with E-state index < -0.39 is 5.60 Å². The van der Waals surface area contributed by atoms with Crippen LogP contribution in [0.2, 0.25) is 0 Å². The molecule has 2 N–H and O–H groups in total. The van der Waals surface area contributed by atoms with Crippen LogP contribution in [0.15, 0.2) is 24.5 Å². The zero-order chi connectivity index (χ0) is 18.4. The Hall–Kier alpha value is -2.11. The highest BCUT2D eigenvalue weighted by Crippen LogP contribution is 2.25. The summed E-state index contributed by atoms with van der Waals surface area (Å²) in [5, 5.41) is 5.96. The van der Waals surface area contributed by atoms with Crippen LogP contribution in [0.3, 0.4) is 0 Å². The van der Waals surface area contributed by atoms with E-state index >= 15 is 0 Å². The Labute approximate surface area is 149 Å². The fraction of sp³-hybridized carbons (Fsp3) is 0.632. The van der Waals surface area contributed by atoms with Gasteiger partial charge in [-0.1, -0.05) is 6.07 Å². The van der Waals surface area contributed by atoms with Gasteiger partial charge in [-0.2, -0.15) is 0 Å². The third-order valence-electron chi connectivity index (χ3n) is 4.36. The number of amides is 2. The zero-order valence-electron chi connectivity index (χ0n) is 15.5. The van der Waals surface area contributed by atoms with Crippen molar-refractivity contribution in [2.24, 2.45) is 5.92 Å². The highest BCUT2D eigenvalue weighted by Gasteiger charge is 2.29. The lowest BCUT2D eigenvalue weighted by atomic mass is 9.85. The molecule has 6 heteroatoms. The minimum absolute atomic E-state index is 0.00388. The highest BCUT2D eigenvalue weighted by molar-refractivity contribution is 5.79. The topological polar surface area (TPSA) is 80.3 Å². The number of carbonyl (C=O) groups excluding carboxylic acids is 2. The lowest BCUT2D eigenvalue weighted by molar-refractivity contribution is -0.126. The van der Waals surface area contributed by atoms with Crippen LogP contribution in [0, 0.1) is 5.92 Å². The molecule has 1 aliphatic rings. The molecule has 1 atom stereocenters. The van der Waals surface area contributed by atoms with Gasteiger partial charge < -0.3 is 15.4 Å². The van der Waals surface area contributed by atoms with E-state index in [2.05, 4.69) is 15.6 Å². The van der Waals surface area contributed by atoms with Gasteiger partial charge in [0.15, 0.2) is 0 Å². The molecule has 1 fully saturated rings. The molecule has 2 amide bonds. The van der Waals surface area contributed by atoms with Gasteiger partial charge in [-0.15, -0.1) is 0 Å². The van der Waals surface area contributed by atoms with E-state index in [1.54, 1.807) is 12.4 Å². The van der Waals surface area contributed by atoms with E-state index in [-0.39, 0.29) is 30.0 Å². The SMILES string of the molecule is CC(NC(=O)C1CCC(NC(=O)OC(C)(C)C)CC1)c1cccnc1. The summed E-state index contributed by atoms with van der Waals surface area (Å²) < 4.78 is 5.28. The summed E-state index contributed by atoms with van der Waals surface area (Å²) in [4.78, 5) is 28.4. The van der Waals surface area contributed by atoms with E-state index in [4.69, 9.17) is 4.74 Å². The molecule has 0 aliphatic heterocycles. The minimum atomic E-state index is -0.496. The summed E-state index contributed by atoms with van der Waals surface area (Å²) in [7, 11) is 0. The summed E-state index contributed by atoms with van der Waals surface area (Å²) in [6.45, 7) is 7.50. The first-order valence-electron chi connectivity index (χ1n) is 8.94. The second-order valence-corrected chi connectivity index (χ2v) is 7.71.